The van der Waals surface area contributed by atoms with Gasteiger partial charge in [0.05, 0.1) is 5.69 Å². The van der Waals surface area contributed by atoms with Crippen molar-refractivity contribution in [2.45, 2.75) is 39.3 Å². The maximum atomic E-state index is 13.2. The zero-order valence-electron chi connectivity index (χ0n) is 11.8. The molecular formula is C15H22BrFN2. The molecule has 1 N–H and O–H groups in total. The Bertz CT molecular complexity index is 436. The Morgan fingerprint density at radius 1 is 1.47 bits per heavy atom. The highest BCUT2D eigenvalue weighted by atomic mass is 79.9. The van der Waals surface area contributed by atoms with E-state index in [1.807, 2.05) is 6.07 Å². The summed E-state index contributed by atoms with van der Waals surface area (Å²) in [6, 6.07) is 5.87. The Morgan fingerprint density at radius 2 is 2.21 bits per heavy atom. The molecule has 0 amide bonds. The van der Waals surface area contributed by atoms with Gasteiger partial charge in [0.1, 0.15) is 5.82 Å². The predicted molar refractivity (Wildman–Crippen MR) is 82.2 cm³/mol. The number of nitrogens with zero attached hydrogens (tertiary/aromatic N) is 1. The largest absolute Gasteiger partial charge is 0.365 e. The van der Waals surface area contributed by atoms with Crippen molar-refractivity contribution in [3.05, 3.63) is 28.5 Å². The van der Waals surface area contributed by atoms with E-state index in [1.54, 1.807) is 6.07 Å². The molecule has 19 heavy (non-hydrogen) atoms. The van der Waals surface area contributed by atoms with Crippen molar-refractivity contribution in [3.8, 4) is 0 Å². The smallest absolute Gasteiger partial charge is 0.124 e. The summed E-state index contributed by atoms with van der Waals surface area (Å²) in [4.78, 5) is 2.37. The molecule has 0 aromatic heterocycles. The van der Waals surface area contributed by atoms with Crippen LogP contribution in [0.4, 0.5) is 10.1 Å². The van der Waals surface area contributed by atoms with E-state index in [2.05, 4.69) is 46.9 Å². The Balaban J connectivity index is 2.16. The van der Waals surface area contributed by atoms with Crippen molar-refractivity contribution in [1.82, 2.24) is 5.32 Å². The fourth-order valence-electron chi connectivity index (χ4n) is 2.71. The molecule has 0 aliphatic carbocycles. The second-order valence-electron chi connectivity index (χ2n) is 5.83. The molecule has 1 saturated heterocycles. The molecule has 1 aromatic rings. The molecule has 4 heteroatoms. The second kappa shape index (κ2) is 6.23. The molecule has 1 aliphatic rings. The van der Waals surface area contributed by atoms with Crippen LogP contribution in [0.2, 0.25) is 0 Å². The van der Waals surface area contributed by atoms with Gasteiger partial charge in [0, 0.05) is 29.6 Å². The summed E-state index contributed by atoms with van der Waals surface area (Å²) >= 11 is 3.48. The summed E-state index contributed by atoms with van der Waals surface area (Å²) in [5, 5.41) is 3.60. The third-order valence-corrected chi connectivity index (χ3v) is 4.26. The van der Waals surface area contributed by atoms with Crippen LogP contribution in [0.15, 0.2) is 22.7 Å². The van der Waals surface area contributed by atoms with Crippen molar-refractivity contribution in [2.24, 2.45) is 5.92 Å². The molecule has 1 fully saturated rings. The van der Waals surface area contributed by atoms with Gasteiger partial charge < -0.3 is 10.2 Å². The van der Waals surface area contributed by atoms with Crippen molar-refractivity contribution < 1.29 is 4.39 Å². The van der Waals surface area contributed by atoms with Gasteiger partial charge in [-0.2, -0.15) is 0 Å². The van der Waals surface area contributed by atoms with Crippen molar-refractivity contribution >= 4 is 21.6 Å². The van der Waals surface area contributed by atoms with Gasteiger partial charge in [0.2, 0.25) is 0 Å². The van der Waals surface area contributed by atoms with Crippen molar-refractivity contribution in [2.75, 3.05) is 18.0 Å². The van der Waals surface area contributed by atoms with Gasteiger partial charge in [0.15, 0.2) is 0 Å². The standard InChI is InChI=1S/C15H22BrFN2/c1-10(2)6-13-9-19(11(3)8-18-13)15-5-4-12(17)7-14(15)16/h4-5,7,10-11,13,18H,6,8-9H2,1-3H3. The lowest BCUT2D eigenvalue weighted by Crippen LogP contribution is -2.56. The van der Waals surface area contributed by atoms with E-state index in [-0.39, 0.29) is 5.82 Å². The van der Waals surface area contributed by atoms with E-state index in [0.29, 0.717) is 18.0 Å². The molecule has 1 aromatic carbocycles. The third-order valence-electron chi connectivity index (χ3n) is 3.63. The second-order valence-corrected chi connectivity index (χ2v) is 6.69. The minimum atomic E-state index is -0.197. The summed E-state index contributed by atoms with van der Waals surface area (Å²) < 4.78 is 14.0. The van der Waals surface area contributed by atoms with E-state index >= 15 is 0 Å². The Kier molecular flexibility index (Phi) is 4.85. The number of piperazine rings is 1. The molecule has 106 valence electrons. The van der Waals surface area contributed by atoms with Crippen LogP contribution in [-0.2, 0) is 0 Å². The summed E-state index contributed by atoms with van der Waals surface area (Å²) in [5.41, 5.74) is 1.09. The first-order valence-electron chi connectivity index (χ1n) is 6.92. The van der Waals surface area contributed by atoms with Gasteiger partial charge in [-0.1, -0.05) is 13.8 Å². The molecular weight excluding hydrogens is 307 g/mol. The minimum absolute atomic E-state index is 0.197. The van der Waals surface area contributed by atoms with Gasteiger partial charge in [0.25, 0.3) is 0 Å². The Hall–Kier alpha value is -0.610. The van der Waals surface area contributed by atoms with Crippen molar-refractivity contribution in [1.29, 1.82) is 0 Å². The first kappa shape index (κ1) is 14.8. The Morgan fingerprint density at radius 3 is 2.84 bits per heavy atom. The summed E-state index contributed by atoms with van der Waals surface area (Å²) in [6.07, 6.45) is 1.17. The SMILES string of the molecule is CC(C)CC1CN(c2ccc(F)cc2Br)C(C)CN1. The molecule has 0 saturated carbocycles. The molecule has 1 heterocycles. The average Bonchev–Trinajstić information content (AvgIpc) is 2.31. The van der Waals surface area contributed by atoms with Crippen LogP contribution >= 0.6 is 15.9 Å². The number of halogens is 2. The summed E-state index contributed by atoms with van der Waals surface area (Å²) in [6.45, 7) is 8.65. The van der Waals surface area contributed by atoms with Crippen LogP contribution < -0.4 is 10.2 Å². The molecule has 2 unspecified atom stereocenters. The quantitative estimate of drug-likeness (QED) is 0.907. The third kappa shape index (κ3) is 3.69. The van der Waals surface area contributed by atoms with Gasteiger partial charge in [-0.25, -0.2) is 4.39 Å². The van der Waals surface area contributed by atoms with E-state index in [4.69, 9.17) is 0 Å². The minimum Gasteiger partial charge on any atom is -0.365 e. The van der Waals surface area contributed by atoms with Crippen LogP contribution in [0, 0.1) is 11.7 Å². The maximum Gasteiger partial charge on any atom is 0.124 e. The van der Waals surface area contributed by atoms with Crippen LogP contribution in [0.1, 0.15) is 27.2 Å². The van der Waals surface area contributed by atoms with Crippen LogP contribution in [0.5, 0.6) is 0 Å². The lowest BCUT2D eigenvalue weighted by Gasteiger charge is -2.41. The van der Waals surface area contributed by atoms with E-state index in [0.717, 1.165) is 23.2 Å². The monoisotopic (exact) mass is 328 g/mol. The first-order chi connectivity index (χ1) is 8.97. The van der Waals surface area contributed by atoms with Gasteiger partial charge in [-0.05, 0) is 53.4 Å². The zero-order chi connectivity index (χ0) is 14.0. The highest BCUT2D eigenvalue weighted by molar-refractivity contribution is 9.10. The van der Waals surface area contributed by atoms with E-state index in [1.165, 1.54) is 12.5 Å². The van der Waals surface area contributed by atoms with E-state index < -0.39 is 0 Å². The number of benzene rings is 1. The van der Waals surface area contributed by atoms with Crippen LogP contribution in [-0.4, -0.2) is 25.2 Å². The molecule has 2 atom stereocenters. The first-order valence-corrected chi connectivity index (χ1v) is 7.71. The number of hydrogen-bond donors (Lipinski definition) is 1. The molecule has 2 nitrogen and oxygen atoms in total. The number of rotatable bonds is 3. The number of anilines is 1. The van der Waals surface area contributed by atoms with Gasteiger partial charge in [-0.15, -0.1) is 0 Å². The molecule has 0 bridgehead atoms. The fourth-order valence-corrected chi connectivity index (χ4v) is 3.28. The highest BCUT2D eigenvalue weighted by Gasteiger charge is 2.26. The number of hydrogen-bond acceptors (Lipinski definition) is 2. The Labute approximate surface area is 123 Å². The molecule has 1 aliphatic heterocycles. The normalized spacial score (nSPS) is 24.0. The van der Waals surface area contributed by atoms with Gasteiger partial charge >= 0.3 is 0 Å². The predicted octanol–water partition coefficient (Wildman–Crippen LogP) is 3.80. The van der Waals surface area contributed by atoms with Crippen molar-refractivity contribution in [3.63, 3.8) is 0 Å². The van der Waals surface area contributed by atoms with E-state index in [9.17, 15) is 4.39 Å². The summed E-state index contributed by atoms with van der Waals surface area (Å²) in [5.74, 6) is 0.488. The number of nitrogens with one attached hydrogen (secondary N) is 1. The zero-order valence-corrected chi connectivity index (χ0v) is 13.4. The molecule has 0 spiro atoms. The molecule has 0 radical (unpaired) electrons. The lowest BCUT2D eigenvalue weighted by atomic mass is 9.99. The van der Waals surface area contributed by atoms with Crippen LogP contribution in [0.25, 0.3) is 0 Å². The molecule has 2 rings (SSSR count). The van der Waals surface area contributed by atoms with Gasteiger partial charge in [-0.3, -0.25) is 0 Å². The highest BCUT2D eigenvalue weighted by Crippen LogP contribution is 2.30. The van der Waals surface area contributed by atoms with Crippen LogP contribution in [0.3, 0.4) is 0 Å². The maximum absolute atomic E-state index is 13.2. The topological polar surface area (TPSA) is 15.3 Å². The average molecular weight is 329 g/mol. The lowest BCUT2D eigenvalue weighted by molar-refractivity contribution is 0.355. The fraction of sp³-hybridized carbons (Fsp3) is 0.600. The summed E-state index contributed by atoms with van der Waals surface area (Å²) in [7, 11) is 0.